The van der Waals surface area contributed by atoms with Crippen LogP contribution in [0.2, 0.25) is 0 Å². The highest BCUT2D eigenvalue weighted by Crippen LogP contribution is 2.19. The van der Waals surface area contributed by atoms with Crippen molar-refractivity contribution in [2.24, 2.45) is 0 Å². The summed E-state index contributed by atoms with van der Waals surface area (Å²) in [5.74, 6) is -4.99. The van der Waals surface area contributed by atoms with Crippen molar-refractivity contribution in [1.29, 1.82) is 0 Å². The van der Waals surface area contributed by atoms with Crippen molar-refractivity contribution in [2.45, 2.75) is 11.4 Å². The van der Waals surface area contributed by atoms with Crippen molar-refractivity contribution in [1.82, 2.24) is 9.71 Å². The number of H-pyrrole nitrogens is 1. The molecule has 4 nitrogen and oxygen atoms in total. The average Bonchev–Trinajstić information content (AvgIpc) is 2.86. The summed E-state index contributed by atoms with van der Waals surface area (Å²) < 4.78 is 64.7. The zero-order chi connectivity index (χ0) is 14.0. The number of sulfonamides is 1. The number of hydrogen-bond acceptors (Lipinski definition) is 2. The van der Waals surface area contributed by atoms with Crippen molar-refractivity contribution in [2.75, 3.05) is 0 Å². The third-order valence-corrected chi connectivity index (χ3v) is 3.84. The minimum atomic E-state index is -4.25. The van der Waals surface area contributed by atoms with Crippen LogP contribution in [-0.4, -0.2) is 13.4 Å². The molecule has 1 aromatic carbocycles. The standard InChI is InChI=1S/C11H9F3N2O2S/c12-8-1-2-9(11(14)10(8)13)19(17,18)16-6-7-3-4-15-5-7/h1-5,15-16H,6H2. The van der Waals surface area contributed by atoms with Gasteiger partial charge in [-0.05, 0) is 23.8 Å². The molecule has 19 heavy (non-hydrogen) atoms. The molecule has 0 fully saturated rings. The molecule has 0 amide bonds. The Morgan fingerprint density at radius 3 is 2.47 bits per heavy atom. The lowest BCUT2D eigenvalue weighted by atomic mass is 10.3. The van der Waals surface area contributed by atoms with Crippen LogP contribution in [0.25, 0.3) is 0 Å². The number of hydrogen-bond donors (Lipinski definition) is 2. The minimum Gasteiger partial charge on any atom is -0.367 e. The van der Waals surface area contributed by atoms with E-state index in [4.69, 9.17) is 0 Å². The summed E-state index contributed by atoms with van der Waals surface area (Å²) in [6.07, 6.45) is 3.13. The van der Waals surface area contributed by atoms with E-state index in [1.54, 1.807) is 18.5 Å². The topological polar surface area (TPSA) is 62.0 Å². The molecule has 0 saturated carbocycles. The molecule has 0 aliphatic heterocycles. The Morgan fingerprint density at radius 2 is 1.84 bits per heavy atom. The number of rotatable bonds is 4. The van der Waals surface area contributed by atoms with E-state index >= 15 is 0 Å². The van der Waals surface area contributed by atoms with E-state index in [0.29, 0.717) is 17.7 Å². The number of aromatic amines is 1. The maximum atomic E-state index is 13.4. The predicted molar refractivity (Wildman–Crippen MR) is 61.1 cm³/mol. The van der Waals surface area contributed by atoms with Gasteiger partial charge < -0.3 is 4.98 Å². The highest BCUT2D eigenvalue weighted by molar-refractivity contribution is 7.89. The van der Waals surface area contributed by atoms with E-state index in [1.807, 2.05) is 0 Å². The molecular formula is C11H9F3N2O2S. The molecule has 2 aromatic rings. The first-order chi connectivity index (χ1) is 8.92. The average molecular weight is 290 g/mol. The second kappa shape index (κ2) is 5.06. The number of halogens is 3. The van der Waals surface area contributed by atoms with Crippen molar-refractivity contribution in [3.63, 3.8) is 0 Å². The van der Waals surface area contributed by atoms with Gasteiger partial charge in [0.1, 0.15) is 4.90 Å². The van der Waals surface area contributed by atoms with E-state index in [1.165, 1.54) is 0 Å². The van der Waals surface area contributed by atoms with Gasteiger partial charge in [-0.2, -0.15) is 0 Å². The van der Waals surface area contributed by atoms with Gasteiger partial charge in [-0.1, -0.05) is 0 Å². The van der Waals surface area contributed by atoms with Crippen molar-refractivity contribution in [3.8, 4) is 0 Å². The number of nitrogens with one attached hydrogen (secondary N) is 2. The van der Waals surface area contributed by atoms with Gasteiger partial charge in [-0.3, -0.25) is 0 Å². The molecule has 0 bridgehead atoms. The molecule has 0 unspecified atom stereocenters. The summed E-state index contributed by atoms with van der Waals surface area (Å²) in [5, 5.41) is 0. The van der Waals surface area contributed by atoms with Gasteiger partial charge >= 0.3 is 0 Å². The Kier molecular flexibility index (Phi) is 3.63. The van der Waals surface area contributed by atoms with Gasteiger partial charge in [0.2, 0.25) is 10.0 Å². The fourth-order valence-electron chi connectivity index (χ4n) is 1.44. The molecular weight excluding hydrogens is 281 g/mol. The molecule has 0 spiro atoms. The Balaban J connectivity index is 2.27. The Labute approximate surface area is 107 Å². The van der Waals surface area contributed by atoms with Gasteiger partial charge in [0, 0.05) is 18.9 Å². The van der Waals surface area contributed by atoms with Gasteiger partial charge in [-0.25, -0.2) is 26.3 Å². The Bertz CT molecular complexity index is 684. The first-order valence-corrected chi connectivity index (χ1v) is 6.65. The quantitative estimate of drug-likeness (QED) is 0.845. The molecule has 0 saturated heterocycles. The van der Waals surface area contributed by atoms with E-state index in [0.717, 1.165) is 0 Å². The van der Waals surface area contributed by atoms with Crippen LogP contribution in [0.15, 0.2) is 35.5 Å². The molecule has 8 heteroatoms. The highest BCUT2D eigenvalue weighted by Gasteiger charge is 2.23. The fraction of sp³-hybridized carbons (Fsp3) is 0.0909. The zero-order valence-electron chi connectivity index (χ0n) is 9.45. The van der Waals surface area contributed by atoms with E-state index in [9.17, 15) is 21.6 Å². The second-order valence-electron chi connectivity index (χ2n) is 3.72. The molecule has 0 radical (unpaired) electrons. The zero-order valence-corrected chi connectivity index (χ0v) is 10.3. The largest absolute Gasteiger partial charge is 0.367 e. The van der Waals surface area contributed by atoms with Gasteiger partial charge in [0.15, 0.2) is 17.5 Å². The summed E-state index contributed by atoms with van der Waals surface area (Å²) in [6.45, 7) is -0.0930. The van der Waals surface area contributed by atoms with Crippen LogP contribution in [0.4, 0.5) is 13.2 Å². The number of benzene rings is 1. The Hall–Kier alpha value is -1.80. The van der Waals surface area contributed by atoms with Crippen LogP contribution in [0, 0.1) is 17.5 Å². The van der Waals surface area contributed by atoms with Crippen LogP contribution in [0.1, 0.15) is 5.56 Å². The second-order valence-corrected chi connectivity index (χ2v) is 5.45. The van der Waals surface area contributed by atoms with Gasteiger partial charge in [0.05, 0.1) is 0 Å². The van der Waals surface area contributed by atoms with Crippen LogP contribution >= 0.6 is 0 Å². The van der Waals surface area contributed by atoms with Crippen molar-refractivity contribution < 1.29 is 21.6 Å². The normalized spacial score (nSPS) is 11.7. The third-order valence-electron chi connectivity index (χ3n) is 2.42. The SMILES string of the molecule is O=S(=O)(NCc1cc[nH]c1)c1ccc(F)c(F)c1F. The summed E-state index contributed by atoms with van der Waals surface area (Å²) in [4.78, 5) is 1.79. The maximum absolute atomic E-state index is 13.4. The van der Waals surface area contributed by atoms with Crippen LogP contribution in [0.5, 0.6) is 0 Å². The molecule has 2 rings (SSSR count). The van der Waals surface area contributed by atoms with Crippen LogP contribution < -0.4 is 4.72 Å². The molecule has 102 valence electrons. The summed E-state index contributed by atoms with van der Waals surface area (Å²) in [7, 11) is -4.25. The molecule has 0 aliphatic carbocycles. The smallest absolute Gasteiger partial charge is 0.243 e. The number of aromatic nitrogens is 1. The van der Waals surface area contributed by atoms with Gasteiger partial charge in [0.25, 0.3) is 0 Å². The van der Waals surface area contributed by atoms with E-state index < -0.39 is 32.4 Å². The van der Waals surface area contributed by atoms with Crippen molar-refractivity contribution in [3.05, 3.63) is 53.6 Å². The summed E-state index contributed by atoms with van der Waals surface area (Å²) >= 11 is 0. The van der Waals surface area contributed by atoms with Gasteiger partial charge in [-0.15, -0.1) is 0 Å². The highest BCUT2D eigenvalue weighted by atomic mass is 32.2. The molecule has 0 aliphatic rings. The third kappa shape index (κ3) is 2.79. The first kappa shape index (κ1) is 13.6. The molecule has 2 N–H and O–H groups in total. The maximum Gasteiger partial charge on any atom is 0.243 e. The lowest BCUT2D eigenvalue weighted by molar-refractivity contribution is 0.431. The monoisotopic (exact) mass is 290 g/mol. The molecule has 0 atom stereocenters. The summed E-state index contributed by atoms with van der Waals surface area (Å²) in [6, 6.07) is 2.85. The van der Waals surface area contributed by atoms with Crippen LogP contribution in [0.3, 0.4) is 0 Å². The minimum absolute atomic E-state index is 0.0930. The first-order valence-electron chi connectivity index (χ1n) is 5.16. The summed E-state index contributed by atoms with van der Waals surface area (Å²) in [5.41, 5.74) is 0.617. The molecule has 1 heterocycles. The fourth-order valence-corrected chi connectivity index (χ4v) is 2.53. The van der Waals surface area contributed by atoms with Crippen molar-refractivity contribution >= 4 is 10.0 Å². The van der Waals surface area contributed by atoms with E-state index in [2.05, 4.69) is 9.71 Å². The Morgan fingerprint density at radius 1 is 1.11 bits per heavy atom. The van der Waals surface area contributed by atoms with Crippen LogP contribution in [-0.2, 0) is 16.6 Å². The lowest BCUT2D eigenvalue weighted by Crippen LogP contribution is -2.24. The lowest BCUT2D eigenvalue weighted by Gasteiger charge is -2.07. The predicted octanol–water partition coefficient (Wildman–Crippen LogP) is 1.91. The molecule has 1 aromatic heterocycles. The van der Waals surface area contributed by atoms with E-state index in [-0.39, 0.29) is 6.54 Å².